The molecule has 0 bridgehead atoms. The first-order chi connectivity index (χ1) is 8.74. The number of H-pyrrole nitrogens is 1. The highest BCUT2D eigenvalue weighted by Crippen LogP contribution is 2.30. The molecular weight excluding hydrogens is 249 g/mol. The fourth-order valence-corrected chi connectivity index (χ4v) is 2.45. The SMILES string of the molecule is Nc1nc(-c2ccc(F)s2)[nH]c1-c1ccccc1. The summed E-state index contributed by atoms with van der Waals surface area (Å²) in [6.07, 6.45) is 0. The number of nitrogens with one attached hydrogen (secondary N) is 1. The molecule has 3 rings (SSSR count). The minimum absolute atomic E-state index is 0.235. The highest BCUT2D eigenvalue weighted by atomic mass is 32.1. The number of imidazole rings is 1. The number of aromatic nitrogens is 2. The maximum Gasteiger partial charge on any atom is 0.177 e. The average molecular weight is 259 g/mol. The van der Waals surface area contributed by atoms with Gasteiger partial charge in [0.15, 0.2) is 11.0 Å². The van der Waals surface area contributed by atoms with Crippen LogP contribution in [-0.2, 0) is 0 Å². The predicted octanol–water partition coefficient (Wildman–Crippen LogP) is 3.53. The maximum atomic E-state index is 13.0. The smallest absolute Gasteiger partial charge is 0.177 e. The van der Waals surface area contributed by atoms with Crippen LogP contribution in [0.4, 0.5) is 10.2 Å². The number of hydrogen-bond acceptors (Lipinski definition) is 3. The van der Waals surface area contributed by atoms with Crippen LogP contribution in [0.1, 0.15) is 0 Å². The van der Waals surface area contributed by atoms with E-state index in [2.05, 4.69) is 9.97 Å². The quantitative estimate of drug-likeness (QED) is 0.739. The molecule has 0 fully saturated rings. The van der Waals surface area contributed by atoms with Gasteiger partial charge in [0.1, 0.15) is 5.82 Å². The second kappa shape index (κ2) is 4.27. The van der Waals surface area contributed by atoms with Crippen LogP contribution in [0, 0.1) is 5.13 Å². The molecule has 0 saturated carbocycles. The first-order valence-electron chi connectivity index (χ1n) is 5.40. The van der Waals surface area contributed by atoms with Crippen LogP contribution in [0.2, 0.25) is 0 Å². The monoisotopic (exact) mass is 259 g/mol. The summed E-state index contributed by atoms with van der Waals surface area (Å²) < 4.78 is 13.0. The molecule has 0 aliphatic rings. The Morgan fingerprint density at radius 1 is 1.11 bits per heavy atom. The Balaban J connectivity index is 2.06. The standard InChI is InChI=1S/C13H10FN3S/c14-10-7-6-9(18-10)13-16-11(12(15)17-13)8-4-2-1-3-5-8/h1-7H,15H2,(H,16,17). The number of benzene rings is 1. The van der Waals surface area contributed by atoms with Gasteiger partial charge in [-0.3, -0.25) is 0 Å². The third-order valence-electron chi connectivity index (χ3n) is 2.60. The summed E-state index contributed by atoms with van der Waals surface area (Å²) in [7, 11) is 0. The van der Waals surface area contributed by atoms with Gasteiger partial charge >= 0.3 is 0 Å². The van der Waals surface area contributed by atoms with Crippen LogP contribution in [-0.4, -0.2) is 9.97 Å². The van der Waals surface area contributed by atoms with Crippen molar-refractivity contribution in [2.45, 2.75) is 0 Å². The first kappa shape index (κ1) is 11.0. The molecule has 2 heterocycles. The van der Waals surface area contributed by atoms with Crippen LogP contribution < -0.4 is 5.73 Å². The Morgan fingerprint density at radius 2 is 1.89 bits per heavy atom. The summed E-state index contributed by atoms with van der Waals surface area (Å²) in [4.78, 5) is 8.11. The number of hydrogen-bond donors (Lipinski definition) is 2. The van der Waals surface area contributed by atoms with Gasteiger partial charge in [-0.05, 0) is 12.1 Å². The average Bonchev–Trinajstić information content (AvgIpc) is 2.97. The van der Waals surface area contributed by atoms with Gasteiger partial charge in [0, 0.05) is 5.56 Å². The van der Waals surface area contributed by atoms with Crippen LogP contribution in [0.3, 0.4) is 0 Å². The Morgan fingerprint density at radius 3 is 2.56 bits per heavy atom. The fraction of sp³-hybridized carbons (Fsp3) is 0. The number of nitrogen functional groups attached to an aromatic ring is 1. The van der Waals surface area contributed by atoms with Crippen LogP contribution >= 0.6 is 11.3 Å². The number of thiophene rings is 1. The molecule has 0 unspecified atom stereocenters. The highest BCUT2D eigenvalue weighted by Gasteiger charge is 2.12. The number of aromatic amines is 1. The molecule has 0 amide bonds. The van der Waals surface area contributed by atoms with Crippen LogP contribution in [0.5, 0.6) is 0 Å². The topological polar surface area (TPSA) is 54.7 Å². The maximum absolute atomic E-state index is 13.0. The number of nitrogens with zero attached hydrogens (tertiary/aromatic N) is 1. The van der Waals surface area contributed by atoms with Crippen molar-refractivity contribution in [3.05, 3.63) is 47.6 Å². The summed E-state index contributed by atoms with van der Waals surface area (Å²) >= 11 is 1.04. The second-order valence-corrected chi connectivity index (χ2v) is 4.85. The minimum atomic E-state index is -0.235. The molecule has 0 saturated heterocycles. The van der Waals surface area contributed by atoms with E-state index >= 15 is 0 Å². The van der Waals surface area contributed by atoms with Crippen molar-refractivity contribution in [2.75, 3.05) is 5.73 Å². The van der Waals surface area contributed by atoms with Gasteiger partial charge in [-0.1, -0.05) is 30.3 Å². The lowest BCUT2D eigenvalue weighted by Gasteiger charge is -1.97. The number of nitrogens with two attached hydrogens (primary N) is 1. The van der Waals surface area contributed by atoms with Crippen molar-refractivity contribution in [3.8, 4) is 22.0 Å². The van der Waals surface area contributed by atoms with E-state index in [1.165, 1.54) is 6.07 Å². The third-order valence-corrected chi connectivity index (χ3v) is 3.48. The molecule has 0 aliphatic heterocycles. The molecule has 0 spiro atoms. The van der Waals surface area contributed by atoms with Crippen LogP contribution in [0.15, 0.2) is 42.5 Å². The van der Waals surface area contributed by atoms with Gasteiger partial charge in [-0.25, -0.2) is 4.98 Å². The normalized spacial score (nSPS) is 10.7. The van der Waals surface area contributed by atoms with E-state index in [9.17, 15) is 4.39 Å². The lowest BCUT2D eigenvalue weighted by molar-refractivity contribution is 0.657. The van der Waals surface area contributed by atoms with Crippen molar-refractivity contribution >= 4 is 17.2 Å². The van der Waals surface area contributed by atoms with Crippen molar-refractivity contribution < 1.29 is 4.39 Å². The Hall–Kier alpha value is -2.14. The largest absolute Gasteiger partial charge is 0.382 e. The molecule has 0 aliphatic carbocycles. The van der Waals surface area contributed by atoms with Crippen molar-refractivity contribution in [1.82, 2.24) is 9.97 Å². The van der Waals surface area contributed by atoms with Gasteiger partial charge in [-0.15, -0.1) is 11.3 Å². The van der Waals surface area contributed by atoms with E-state index in [4.69, 9.17) is 5.73 Å². The molecule has 18 heavy (non-hydrogen) atoms. The molecule has 5 heteroatoms. The Bertz CT molecular complexity index is 673. The molecule has 1 aromatic carbocycles. The van der Waals surface area contributed by atoms with Crippen molar-refractivity contribution in [1.29, 1.82) is 0 Å². The van der Waals surface area contributed by atoms with E-state index in [1.54, 1.807) is 6.07 Å². The third kappa shape index (κ3) is 1.89. The van der Waals surface area contributed by atoms with E-state index in [0.29, 0.717) is 11.6 Å². The van der Waals surface area contributed by atoms with E-state index in [-0.39, 0.29) is 5.13 Å². The summed E-state index contributed by atoms with van der Waals surface area (Å²) in [5.74, 6) is 1.02. The Labute approximate surface area is 107 Å². The first-order valence-corrected chi connectivity index (χ1v) is 6.22. The number of rotatable bonds is 2. The Kier molecular flexibility index (Phi) is 2.60. The number of anilines is 1. The summed E-state index contributed by atoms with van der Waals surface area (Å²) in [5, 5.41) is -0.235. The van der Waals surface area contributed by atoms with E-state index in [0.717, 1.165) is 27.5 Å². The van der Waals surface area contributed by atoms with Gasteiger partial charge in [0.2, 0.25) is 0 Å². The summed E-state index contributed by atoms with van der Waals surface area (Å²) in [6, 6.07) is 12.8. The minimum Gasteiger partial charge on any atom is -0.382 e. The molecular formula is C13H10FN3S. The number of halogens is 1. The van der Waals surface area contributed by atoms with Gasteiger partial charge in [0.25, 0.3) is 0 Å². The van der Waals surface area contributed by atoms with Crippen molar-refractivity contribution in [3.63, 3.8) is 0 Å². The fourth-order valence-electron chi connectivity index (χ4n) is 1.77. The molecule has 90 valence electrons. The van der Waals surface area contributed by atoms with Crippen molar-refractivity contribution in [2.24, 2.45) is 0 Å². The lowest BCUT2D eigenvalue weighted by Crippen LogP contribution is -1.87. The zero-order chi connectivity index (χ0) is 12.5. The summed E-state index contributed by atoms with van der Waals surface area (Å²) in [5.41, 5.74) is 7.61. The summed E-state index contributed by atoms with van der Waals surface area (Å²) in [6.45, 7) is 0. The molecule has 3 nitrogen and oxygen atoms in total. The molecule has 0 atom stereocenters. The van der Waals surface area contributed by atoms with Gasteiger partial charge < -0.3 is 10.7 Å². The highest BCUT2D eigenvalue weighted by molar-refractivity contribution is 7.13. The van der Waals surface area contributed by atoms with Gasteiger partial charge in [-0.2, -0.15) is 4.39 Å². The zero-order valence-electron chi connectivity index (χ0n) is 9.35. The molecule has 0 radical (unpaired) electrons. The predicted molar refractivity (Wildman–Crippen MR) is 71.7 cm³/mol. The van der Waals surface area contributed by atoms with Crippen LogP contribution in [0.25, 0.3) is 22.0 Å². The zero-order valence-corrected chi connectivity index (χ0v) is 10.2. The molecule has 3 N–H and O–H groups in total. The second-order valence-electron chi connectivity index (χ2n) is 3.82. The molecule has 2 aromatic heterocycles. The van der Waals surface area contributed by atoms with E-state index in [1.807, 2.05) is 30.3 Å². The lowest BCUT2D eigenvalue weighted by atomic mass is 10.1. The van der Waals surface area contributed by atoms with E-state index < -0.39 is 0 Å². The van der Waals surface area contributed by atoms with Gasteiger partial charge in [0.05, 0.1) is 10.6 Å². The molecule has 3 aromatic rings.